The van der Waals surface area contributed by atoms with E-state index in [0.717, 1.165) is 5.56 Å². The van der Waals surface area contributed by atoms with Crippen LogP contribution in [0, 0.1) is 17.4 Å². The Morgan fingerprint density at radius 2 is 2.17 bits per heavy atom. The van der Waals surface area contributed by atoms with Crippen LogP contribution < -0.4 is 0 Å². The van der Waals surface area contributed by atoms with Gasteiger partial charge >= 0.3 is 0 Å². The molecule has 0 saturated carbocycles. The van der Waals surface area contributed by atoms with Crippen LogP contribution in [0.5, 0.6) is 0 Å². The normalized spacial score (nSPS) is 10.6. The summed E-state index contributed by atoms with van der Waals surface area (Å²) in [6.45, 7) is 2.22. The van der Waals surface area contributed by atoms with E-state index in [2.05, 4.69) is 9.97 Å². The second kappa shape index (κ2) is 5.37. The zero-order valence-electron chi connectivity index (χ0n) is 10.2. The van der Waals surface area contributed by atoms with Gasteiger partial charge in [0.15, 0.2) is 0 Å². The highest BCUT2D eigenvalue weighted by molar-refractivity contribution is 7.71. The summed E-state index contributed by atoms with van der Waals surface area (Å²) in [6.07, 6.45) is 0. The maximum Gasteiger partial charge on any atom is 0.134 e. The Labute approximate surface area is 110 Å². The first-order valence-electron chi connectivity index (χ1n) is 5.46. The number of benzene rings is 1. The summed E-state index contributed by atoms with van der Waals surface area (Å²) >= 11 is 5.07. The molecule has 0 atom stereocenters. The molecular weight excluding hydrogens is 251 g/mol. The number of methoxy groups -OCH3 is 1. The Balaban J connectivity index is 2.56. The number of hydrogen-bond acceptors (Lipinski definition) is 3. The average molecular weight is 264 g/mol. The highest BCUT2D eigenvalue weighted by Gasteiger charge is 2.07. The van der Waals surface area contributed by atoms with Gasteiger partial charge in [0.1, 0.15) is 22.9 Å². The Bertz CT molecular complexity index is 625. The Morgan fingerprint density at radius 1 is 1.39 bits per heavy atom. The number of rotatable bonds is 3. The summed E-state index contributed by atoms with van der Waals surface area (Å²) in [5.74, 6) is 0.293. The van der Waals surface area contributed by atoms with Crippen molar-refractivity contribution in [2.45, 2.75) is 13.5 Å². The Kier molecular flexibility index (Phi) is 3.84. The van der Waals surface area contributed by atoms with Crippen molar-refractivity contribution in [3.05, 3.63) is 46.1 Å². The summed E-state index contributed by atoms with van der Waals surface area (Å²) < 4.78 is 19.2. The van der Waals surface area contributed by atoms with Crippen LogP contribution in [0.2, 0.25) is 0 Å². The third-order valence-electron chi connectivity index (χ3n) is 2.49. The first-order chi connectivity index (χ1) is 8.60. The molecule has 0 radical (unpaired) electrons. The van der Waals surface area contributed by atoms with Gasteiger partial charge in [-0.25, -0.2) is 9.37 Å². The van der Waals surface area contributed by atoms with Crippen LogP contribution in [-0.2, 0) is 11.3 Å². The van der Waals surface area contributed by atoms with Gasteiger partial charge in [0, 0.05) is 12.7 Å². The number of aromatic amines is 1. The van der Waals surface area contributed by atoms with Crippen molar-refractivity contribution in [1.82, 2.24) is 9.97 Å². The summed E-state index contributed by atoms with van der Waals surface area (Å²) in [7, 11) is 1.57. The van der Waals surface area contributed by atoms with Gasteiger partial charge in [-0.2, -0.15) is 0 Å². The summed E-state index contributed by atoms with van der Waals surface area (Å²) in [5, 5.41) is 0. The number of nitrogens with one attached hydrogen (secondary N) is 1. The molecule has 0 saturated heterocycles. The fraction of sp³-hybridized carbons (Fsp3) is 0.231. The van der Waals surface area contributed by atoms with Crippen LogP contribution in [0.3, 0.4) is 0 Å². The monoisotopic (exact) mass is 264 g/mol. The van der Waals surface area contributed by atoms with Crippen molar-refractivity contribution >= 4 is 12.2 Å². The van der Waals surface area contributed by atoms with Crippen LogP contribution in [0.15, 0.2) is 24.3 Å². The van der Waals surface area contributed by atoms with Crippen molar-refractivity contribution in [2.24, 2.45) is 0 Å². The molecular formula is C13H13FN2OS. The lowest BCUT2D eigenvalue weighted by molar-refractivity contribution is 0.177. The second-order valence-electron chi connectivity index (χ2n) is 4.00. The molecule has 0 unspecified atom stereocenters. The molecule has 5 heteroatoms. The van der Waals surface area contributed by atoms with Gasteiger partial charge in [-0.15, -0.1) is 0 Å². The molecule has 1 N–H and O–H groups in total. The lowest BCUT2D eigenvalue weighted by Gasteiger charge is -2.07. The quantitative estimate of drug-likeness (QED) is 0.863. The molecule has 18 heavy (non-hydrogen) atoms. The first-order valence-corrected chi connectivity index (χ1v) is 5.86. The van der Waals surface area contributed by atoms with Gasteiger partial charge < -0.3 is 9.72 Å². The van der Waals surface area contributed by atoms with E-state index in [4.69, 9.17) is 17.0 Å². The van der Waals surface area contributed by atoms with Crippen molar-refractivity contribution in [3.8, 4) is 11.3 Å². The van der Waals surface area contributed by atoms with Gasteiger partial charge in [0.05, 0.1) is 5.69 Å². The van der Waals surface area contributed by atoms with Crippen molar-refractivity contribution < 1.29 is 9.13 Å². The van der Waals surface area contributed by atoms with Crippen LogP contribution in [0.25, 0.3) is 11.3 Å². The van der Waals surface area contributed by atoms with Crippen molar-refractivity contribution in [2.75, 3.05) is 7.11 Å². The molecule has 0 amide bonds. The van der Waals surface area contributed by atoms with Crippen LogP contribution >= 0.6 is 12.2 Å². The van der Waals surface area contributed by atoms with E-state index in [1.165, 1.54) is 6.07 Å². The van der Waals surface area contributed by atoms with E-state index in [9.17, 15) is 4.39 Å². The lowest BCUT2D eigenvalue weighted by atomic mass is 10.1. The largest absolute Gasteiger partial charge is 0.377 e. The number of aryl methyl sites for hydroxylation is 1. The standard InChI is InChI=1S/C13H13FN2OS/c1-8-3-4-10(14)9(5-8)11-6-13(18)16-12(15-11)7-17-2/h3-6H,7H2,1-2H3,(H,15,16,18). The minimum Gasteiger partial charge on any atom is -0.377 e. The molecule has 0 aliphatic rings. The van der Waals surface area contributed by atoms with E-state index in [1.807, 2.05) is 6.92 Å². The Hall–Kier alpha value is -1.59. The van der Waals surface area contributed by atoms with Gasteiger partial charge in [0.25, 0.3) is 0 Å². The second-order valence-corrected chi connectivity index (χ2v) is 4.41. The van der Waals surface area contributed by atoms with E-state index >= 15 is 0 Å². The fourth-order valence-corrected chi connectivity index (χ4v) is 1.93. The third-order valence-corrected chi connectivity index (χ3v) is 2.69. The zero-order valence-corrected chi connectivity index (χ0v) is 11.0. The number of ether oxygens (including phenoxy) is 1. The molecule has 1 aromatic carbocycles. The van der Waals surface area contributed by atoms with Gasteiger partial charge in [-0.05, 0) is 25.1 Å². The molecule has 2 aromatic rings. The maximum atomic E-state index is 13.8. The lowest BCUT2D eigenvalue weighted by Crippen LogP contribution is -1.99. The maximum absolute atomic E-state index is 13.8. The van der Waals surface area contributed by atoms with Crippen molar-refractivity contribution in [1.29, 1.82) is 0 Å². The predicted molar refractivity (Wildman–Crippen MR) is 70.3 cm³/mol. The number of H-pyrrole nitrogens is 1. The number of halogens is 1. The summed E-state index contributed by atoms with van der Waals surface area (Å²) in [6, 6.07) is 6.58. The van der Waals surface area contributed by atoms with Gasteiger partial charge in [0.2, 0.25) is 0 Å². The van der Waals surface area contributed by atoms with Crippen LogP contribution in [0.4, 0.5) is 4.39 Å². The van der Waals surface area contributed by atoms with E-state index in [1.54, 1.807) is 25.3 Å². The third kappa shape index (κ3) is 2.80. The molecule has 2 rings (SSSR count). The first kappa shape index (κ1) is 12.9. The SMILES string of the molecule is COCc1nc(=S)cc(-c2cc(C)ccc2F)[nH]1. The molecule has 0 spiro atoms. The predicted octanol–water partition coefficient (Wildman–Crippen LogP) is 3.40. The number of hydrogen-bond donors (Lipinski definition) is 1. The molecule has 0 fully saturated rings. The summed E-state index contributed by atoms with van der Waals surface area (Å²) in [5.41, 5.74) is 2.08. The van der Waals surface area contributed by atoms with Crippen LogP contribution in [0.1, 0.15) is 11.4 Å². The summed E-state index contributed by atoms with van der Waals surface area (Å²) in [4.78, 5) is 7.14. The molecule has 0 aliphatic heterocycles. The molecule has 0 aliphatic carbocycles. The number of nitrogens with zero attached hydrogens (tertiary/aromatic N) is 1. The minimum absolute atomic E-state index is 0.291. The zero-order chi connectivity index (χ0) is 13.1. The van der Waals surface area contributed by atoms with E-state index in [-0.39, 0.29) is 5.82 Å². The number of aromatic nitrogens is 2. The fourth-order valence-electron chi connectivity index (χ4n) is 1.70. The molecule has 1 aromatic heterocycles. The molecule has 0 bridgehead atoms. The highest BCUT2D eigenvalue weighted by atomic mass is 32.1. The van der Waals surface area contributed by atoms with Gasteiger partial charge in [-0.1, -0.05) is 23.8 Å². The highest BCUT2D eigenvalue weighted by Crippen LogP contribution is 2.22. The molecule has 94 valence electrons. The van der Waals surface area contributed by atoms with Gasteiger partial charge in [-0.3, -0.25) is 0 Å². The molecule has 3 nitrogen and oxygen atoms in total. The molecule has 1 heterocycles. The average Bonchev–Trinajstić information content (AvgIpc) is 2.32. The van der Waals surface area contributed by atoms with E-state index < -0.39 is 0 Å². The van der Waals surface area contributed by atoms with Crippen LogP contribution in [-0.4, -0.2) is 17.1 Å². The minimum atomic E-state index is -0.291. The Morgan fingerprint density at radius 3 is 2.89 bits per heavy atom. The smallest absolute Gasteiger partial charge is 0.134 e. The van der Waals surface area contributed by atoms with E-state index in [0.29, 0.717) is 28.3 Å². The topological polar surface area (TPSA) is 37.9 Å². The van der Waals surface area contributed by atoms with Crippen molar-refractivity contribution in [3.63, 3.8) is 0 Å².